The Hall–Kier alpha value is -2.16. The molecule has 1 atom stereocenters. The van der Waals surface area contributed by atoms with Crippen molar-refractivity contribution in [3.8, 4) is 5.75 Å². The fraction of sp³-hybridized carbons (Fsp3) is 0.250. The molecule has 96 valence electrons. The molecule has 3 rings (SSSR count). The van der Waals surface area contributed by atoms with E-state index in [4.69, 9.17) is 4.74 Å². The number of nitrogens with zero attached hydrogens (tertiary/aromatic N) is 1. The van der Waals surface area contributed by atoms with Gasteiger partial charge in [-0.1, -0.05) is 12.1 Å². The second-order valence-corrected chi connectivity index (χ2v) is 5.21. The van der Waals surface area contributed by atoms with E-state index in [0.717, 1.165) is 5.56 Å². The fourth-order valence-electron chi connectivity index (χ4n) is 2.49. The van der Waals surface area contributed by atoms with Gasteiger partial charge in [0.25, 0.3) is 0 Å². The molecule has 0 N–H and O–H groups in total. The first kappa shape index (κ1) is 11.9. The molecule has 1 aromatic carbocycles. The van der Waals surface area contributed by atoms with Gasteiger partial charge in [0.2, 0.25) is 0 Å². The highest BCUT2D eigenvalue weighted by atomic mass is 16.5. The number of carbonyl (C=O) groups is 1. The Balaban J connectivity index is 1.92. The number of benzene rings is 1. The molecule has 2 aromatic rings. The topological polar surface area (TPSA) is 39.2 Å². The zero-order chi connectivity index (χ0) is 13.3. The van der Waals surface area contributed by atoms with Crippen LogP contribution in [0.5, 0.6) is 5.75 Å². The van der Waals surface area contributed by atoms with Crippen molar-refractivity contribution in [2.45, 2.75) is 13.3 Å². The van der Waals surface area contributed by atoms with E-state index < -0.39 is 5.41 Å². The molecule has 0 saturated carbocycles. The Morgan fingerprint density at radius 3 is 2.74 bits per heavy atom. The molecule has 1 aliphatic heterocycles. The monoisotopic (exact) mass is 253 g/mol. The van der Waals surface area contributed by atoms with Crippen molar-refractivity contribution in [3.05, 3.63) is 59.9 Å². The molecule has 0 saturated heterocycles. The normalized spacial score (nSPS) is 21.6. The summed E-state index contributed by atoms with van der Waals surface area (Å²) in [5, 5.41) is 0. The summed E-state index contributed by atoms with van der Waals surface area (Å²) >= 11 is 0. The summed E-state index contributed by atoms with van der Waals surface area (Å²) in [6, 6.07) is 11.3. The molecule has 2 heterocycles. The molecular weight excluding hydrogens is 238 g/mol. The Morgan fingerprint density at radius 2 is 1.95 bits per heavy atom. The van der Waals surface area contributed by atoms with Gasteiger partial charge >= 0.3 is 0 Å². The Labute approximate surface area is 112 Å². The van der Waals surface area contributed by atoms with Crippen LogP contribution in [-0.4, -0.2) is 17.4 Å². The maximum absolute atomic E-state index is 12.6. The molecule has 0 aliphatic carbocycles. The number of rotatable bonds is 2. The summed E-state index contributed by atoms with van der Waals surface area (Å²) in [4.78, 5) is 16.6. The molecule has 0 spiro atoms. The number of ketones is 1. The van der Waals surface area contributed by atoms with E-state index >= 15 is 0 Å². The van der Waals surface area contributed by atoms with E-state index in [-0.39, 0.29) is 5.78 Å². The predicted octanol–water partition coefficient (Wildman–Crippen LogP) is 2.91. The summed E-state index contributed by atoms with van der Waals surface area (Å²) in [5.41, 5.74) is 1.29. The van der Waals surface area contributed by atoms with Gasteiger partial charge in [0, 0.05) is 12.4 Å². The van der Waals surface area contributed by atoms with Crippen LogP contribution < -0.4 is 4.74 Å². The number of ether oxygens (including phenoxy) is 1. The van der Waals surface area contributed by atoms with Crippen molar-refractivity contribution in [2.24, 2.45) is 5.41 Å². The minimum atomic E-state index is -0.504. The molecular formula is C16H15NO2. The van der Waals surface area contributed by atoms with E-state index in [1.54, 1.807) is 12.4 Å². The second kappa shape index (κ2) is 4.50. The molecule has 19 heavy (non-hydrogen) atoms. The van der Waals surface area contributed by atoms with Gasteiger partial charge in [-0.2, -0.15) is 0 Å². The third-order valence-corrected chi connectivity index (χ3v) is 3.57. The number of hydrogen-bond donors (Lipinski definition) is 0. The van der Waals surface area contributed by atoms with E-state index in [9.17, 15) is 4.79 Å². The van der Waals surface area contributed by atoms with Gasteiger partial charge in [0.15, 0.2) is 5.78 Å². The third kappa shape index (κ3) is 2.12. The van der Waals surface area contributed by atoms with E-state index in [1.807, 2.05) is 43.3 Å². The minimum absolute atomic E-state index is 0.158. The molecule has 1 aromatic heterocycles. The lowest BCUT2D eigenvalue weighted by atomic mass is 9.76. The first-order chi connectivity index (χ1) is 9.19. The number of fused-ring (bicyclic) bond motifs is 1. The van der Waals surface area contributed by atoms with Crippen molar-refractivity contribution in [1.29, 1.82) is 0 Å². The highest BCUT2D eigenvalue weighted by molar-refractivity contribution is 6.03. The molecule has 1 aliphatic rings. The van der Waals surface area contributed by atoms with Crippen LogP contribution in [-0.2, 0) is 6.42 Å². The molecule has 1 unspecified atom stereocenters. The van der Waals surface area contributed by atoms with Gasteiger partial charge < -0.3 is 4.74 Å². The van der Waals surface area contributed by atoms with Crippen LogP contribution in [0.3, 0.4) is 0 Å². The Morgan fingerprint density at radius 1 is 1.21 bits per heavy atom. The standard InChI is InChI=1S/C16H15NO2/c1-16(10-12-6-8-17-9-7-12)11-19-14-5-3-2-4-13(14)15(16)18/h2-9H,10-11H2,1H3. The molecule has 0 fully saturated rings. The molecule has 3 heteroatoms. The van der Waals surface area contributed by atoms with Gasteiger partial charge in [0.1, 0.15) is 12.4 Å². The van der Waals surface area contributed by atoms with E-state index in [1.165, 1.54) is 0 Å². The first-order valence-corrected chi connectivity index (χ1v) is 6.35. The van der Waals surface area contributed by atoms with Crippen LogP contribution in [0.25, 0.3) is 0 Å². The summed E-state index contributed by atoms with van der Waals surface area (Å²) in [5.74, 6) is 0.853. The summed E-state index contributed by atoms with van der Waals surface area (Å²) in [6.07, 6.45) is 4.17. The summed E-state index contributed by atoms with van der Waals surface area (Å²) < 4.78 is 5.75. The quantitative estimate of drug-likeness (QED) is 0.826. The number of carbonyl (C=O) groups excluding carboxylic acids is 1. The minimum Gasteiger partial charge on any atom is -0.492 e. The number of para-hydroxylation sites is 1. The maximum atomic E-state index is 12.6. The lowest BCUT2D eigenvalue weighted by molar-refractivity contribution is 0.0651. The van der Waals surface area contributed by atoms with Crippen molar-refractivity contribution >= 4 is 5.78 Å². The summed E-state index contributed by atoms with van der Waals surface area (Å²) in [6.45, 7) is 2.39. The van der Waals surface area contributed by atoms with Gasteiger partial charge in [-0.15, -0.1) is 0 Å². The van der Waals surface area contributed by atoms with Crippen LogP contribution in [0.2, 0.25) is 0 Å². The average molecular weight is 253 g/mol. The maximum Gasteiger partial charge on any atom is 0.176 e. The number of pyridine rings is 1. The van der Waals surface area contributed by atoms with Crippen LogP contribution in [0.4, 0.5) is 0 Å². The summed E-state index contributed by atoms with van der Waals surface area (Å²) in [7, 11) is 0. The van der Waals surface area contributed by atoms with Crippen LogP contribution in [0.1, 0.15) is 22.8 Å². The lowest BCUT2D eigenvalue weighted by Gasteiger charge is -2.33. The van der Waals surface area contributed by atoms with E-state index in [0.29, 0.717) is 24.3 Å². The highest BCUT2D eigenvalue weighted by Crippen LogP contribution is 2.36. The van der Waals surface area contributed by atoms with Gasteiger partial charge in [-0.25, -0.2) is 0 Å². The second-order valence-electron chi connectivity index (χ2n) is 5.21. The van der Waals surface area contributed by atoms with Gasteiger partial charge in [-0.05, 0) is 43.2 Å². The number of hydrogen-bond acceptors (Lipinski definition) is 3. The SMILES string of the molecule is CC1(Cc2ccncc2)COc2ccccc2C1=O. The molecule has 0 bridgehead atoms. The molecule has 0 radical (unpaired) electrons. The highest BCUT2D eigenvalue weighted by Gasteiger charge is 2.39. The van der Waals surface area contributed by atoms with Crippen LogP contribution in [0.15, 0.2) is 48.8 Å². The van der Waals surface area contributed by atoms with Crippen LogP contribution >= 0.6 is 0 Å². The first-order valence-electron chi connectivity index (χ1n) is 6.35. The van der Waals surface area contributed by atoms with Crippen molar-refractivity contribution in [2.75, 3.05) is 6.61 Å². The third-order valence-electron chi connectivity index (χ3n) is 3.57. The fourth-order valence-corrected chi connectivity index (χ4v) is 2.49. The van der Waals surface area contributed by atoms with Crippen LogP contribution in [0, 0.1) is 5.41 Å². The predicted molar refractivity (Wildman–Crippen MR) is 72.3 cm³/mol. The largest absolute Gasteiger partial charge is 0.492 e. The Bertz CT molecular complexity index is 609. The number of Topliss-reactive ketones (excluding diaryl/α,β-unsaturated/α-hetero) is 1. The van der Waals surface area contributed by atoms with Crippen molar-refractivity contribution in [1.82, 2.24) is 4.98 Å². The smallest absolute Gasteiger partial charge is 0.176 e. The van der Waals surface area contributed by atoms with Gasteiger partial charge in [0.05, 0.1) is 11.0 Å². The van der Waals surface area contributed by atoms with E-state index in [2.05, 4.69) is 4.98 Å². The number of aromatic nitrogens is 1. The van der Waals surface area contributed by atoms with Crippen molar-refractivity contribution in [3.63, 3.8) is 0 Å². The average Bonchev–Trinajstić information content (AvgIpc) is 2.45. The van der Waals surface area contributed by atoms with Crippen molar-refractivity contribution < 1.29 is 9.53 Å². The molecule has 0 amide bonds. The zero-order valence-electron chi connectivity index (χ0n) is 10.8. The lowest BCUT2D eigenvalue weighted by Crippen LogP contribution is -2.40. The zero-order valence-corrected chi connectivity index (χ0v) is 10.8. The van der Waals surface area contributed by atoms with Gasteiger partial charge in [-0.3, -0.25) is 9.78 Å². The Kier molecular flexibility index (Phi) is 2.82. The molecule has 3 nitrogen and oxygen atoms in total.